The summed E-state index contributed by atoms with van der Waals surface area (Å²) in [6.45, 7) is 4.05. The molecule has 0 spiro atoms. The first-order chi connectivity index (χ1) is 8.67. The molecule has 0 saturated heterocycles. The molecule has 0 heterocycles. The molecule has 0 aliphatic heterocycles. The van der Waals surface area contributed by atoms with Gasteiger partial charge >= 0.3 is 5.97 Å². The van der Waals surface area contributed by atoms with Gasteiger partial charge in [0.2, 0.25) is 0 Å². The van der Waals surface area contributed by atoms with E-state index in [9.17, 15) is 10.1 Å². The van der Waals surface area contributed by atoms with E-state index in [2.05, 4.69) is 6.07 Å². The highest BCUT2D eigenvalue weighted by atomic mass is 16.5. The Morgan fingerprint density at radius 2 is 2.11 bits per heavy atom. The van der Waals surface area contributed by atoms with Gasteiger partial charge in [0.05, 0.1) is 31.8 Å². The highest BCUT2D eigenvalue weighted by Crippen LogP contribution is 2.26. The van der Waals surface area contributed by atoms with Crippen molar-refractivity contribution in [1.82, 2.24) is 0 Å². The monoisotopic (exact) mass is 247 g/mol. The molecular weight excluding hydrogens is 230 g/mol. The predicted octanol–water partition coefficient (Wildman–Crippen LogP) is 2.23. The van der Waals surface area contributed by atoms with E-state index in [1.54, 1.807) is 26.2 Å². The third-order valence-corrected chi connectivity index (χ3v) is 2.68. The molecular formula is C14H17NO3. The van der Waals surface area contributed by atoms with Gasteiger partial charge in [0.1, 0.15) is 5.75 Å². The number of benzene rings is 1. The SMILES string of the molecule is CCOC(=O)Cc1ccc(OC)c(CC)c1C#N. The van der Waals surface area contributed by atoms with Crippen LogP contribution in [0.25, 0.3) is 0 Å². The number of ether oxygens (including phenoxy) is 2. The first-order valence-corrected chi connectivity index (χ1v) is 5.92. The van der Waals surface area contributed by atoms with Crippen molar-refractivity contribution < 1.29 is 14.3 Å². The van der Waals surface area contributed by atoms with Crippen LogP contribution in [0.1, 0.15) is 30.5 Å². The minimum atomic E-state index is -0.318. The summed E-state index contributed by atoms with van der Waals surface area (Å²) in [5, 5.41) is 9.24. The molecule has 1 aromatic carbocycles. The Kier molecular flexibility index (Phi) is 5.19. The molecule has 0 bridgehead atoms. The molecule has 0 radical (unpaired) electrons. The lowest BCUT2D eigenvalue weighted by molar-refractivity contribution is -0.142. The van der Waals surface area contributed by atoms with Gasteiger partial charge in [0.25, 0.3) is 0 Å². The van der Waals surface area contributed by atoms with Crippen molar-refractivity contribution in [2.45, 2.75) is 26.7 Å². The molecule has 0 aliphatic carbocycles. The highest BCUT2D eigenvalue weighted by molar-refractivity contribution is 5.74. The number of hydrogen-bond acceptors (Lipinski definition) is 4. The molecule has 0 aromatic heterocycles. The van der Waals surface area contributed by atoms with E-state index in [-0.39, 0.29) is 12.4 Å². The van der Waals surface area contributed by atoms with E-state index >= 15 is 0 Å². The summed E-state index contributed by atoms with van der Waals surface area (Å²) in [6, 6.07) is 5.68. The molecule has 0 fully saturated rings. The number of rotatable bonds is 5. The van der Waals surface area contributed by atoms with E-state index < -0.39 is 0 Å². The number of nitrogens with zero attached hydrogens (tertiary/aromatic N) is 1. The molecule has 0 aliphatic rings. The van der Waals surface area contributed by atoms with Crippen molar-refractivity contribution in [3.8, 4) is 11.8 Å². The zero-order chi connectivity index (χ0) is 13.5. The molecule has 4 nitrogen and oxygen atoms in total. The number of methoxy groups -OCH3 is 1. The quantitative estimate of drug-likeness (QED) is 0.749. The van der Waals surface area contributed by atoms with Crippen LogP contribution < -0.4 is 4.74 Å². The van der Waals surface area contributed by atoms with Gasteiger partial charge in [0.15, 0.2) is 0 Å². The lowest BCUT2D eigenvalue weighted by atomic mass is 9.97. The Labute approximate surface area is 107 Å². The van der Waals surface area contributed by atoms with Crippen LogP contribution in [-0.4, -0.2) is 19.7 Å². The van der Waals surface area contributed by atoms with Crippen LogP contribution in [0, 0.1) is 11.3 Å². The first kappa shape index (κ1) is 14.0. The van der Waals surface area contributed by atoms with Crippen molar-refractivity contribution in [3.05, 3.63) is 28.8 Å². The smallest absolute Gasteiger partial charge is 0.310 e. The topological polar surface area (TPSA) is 59.3 Å². The Balaban J connectivity index is 3.14. The number of carbonyl (C=O) groups is 1. The molecule has 0 amide bonds. The molecule has 1 aromatic rings. The van der Waals surface area contributed by atoms with Crippen molar-refractivity contribution in [2.75, 3.05) is 13.7 Å². The van der Waals surface area contributed by atoms with Gasteiger partial charge in [-0.05, 0) is 25.0 Å². The molecule has 4 heteroatoms. The van der Waals surface area contributed by atoms with Crippen molar-refractivity contribution in [1.29, 1.82) is 5.26 Å². The summed E-state index contributed by atoms with van der Waals surface area (Å²) in [5.41, 5.74) is 2.04. The van der Waals surface area contributed by atoms with Crippen LogP contribution in [0.15, 0.2) is 12.1 Å². The lowest BCUT2D eigenvalue weighted by Gasteiger charge is -2.12. The van der Waals surface area contributed by atoms with E-state index in [0.717, 1.165) is 5.56 Å². The fraction of sp³-hybridized carbons (Fsp3) is 0.429. The molecule has 96 valence electrons. The van der Waals surface area contributed by atoms with Gasteiger partial charge in [-0.1, -0.05) is 13.0 Å². The van der Waals surface area contributed by atoms with Crippen LogP contribution in [-0.2, 0) is 22.4 Å². The van der Waals surface area contributed by atoms with E-state index in [0.29, 0.717) is 29.9 Å². The van der Waals surface area contributed by atoms with Crippen molar-refractivity contribution in [3.63, 3.8) is 0 Å². The Bertz CT molecular complexity index is 475. The third kappa shape index (κ3) is 3.01. The van der Waals surface area contributed by atoms with Gasteiger partial charge in [0, 0.05) is 5.56 Å². The largest absolute Gasteiger partial charge is 0.496 e. The minimum Gasteiger partial charge on any atom is -0.496 e. The minimum absolute atomic E-state index is 0.119. The van der Waals surface area contributed by atoms with Crippen molar-refractivity contribution in [2.24, 2.45) is 0 Å². The number of nitriles is 1. The molecule has 0 saturated carbocycles. The maximum atomic E-state index is 11.5. The molecule has 0 atom stereocenters. The fourth-order valence-electron chi connectivity index (χ4n) is 1.87. The maximum absolute atomic E-state index is 11.5. The van der Waals surface area contributed by atoms with E-state index in [1.807, 2.05) is 6.92 Å². The molecule has 0 unspecified atom stereocenters. The van der Waals surface area contributed by atoms with Crippen LogP contribution in [0.5, 0.6) is 5.75 Å². The zero-order valence-corrected chi connectivity index (χ0v) is 10.9. The highest BCUT2D eigenvalue weighted by Gasteiger charge is 2.15. The average Bonchev–Trinajstić information content (AvgIpc) is 2.38. The Hall–Kier alpha value is -2.02. The summed E-state index contributed by atoms with van der Waals surface area (Å²) >= 11 is 0. The van der Waals surface area contributed by atoms with E-state index in [4.69, 9.17) is 9.47 Å². The standard InChI is InChI=1S/C14H17NO3/c1-4-11-12(9-15)10(6-7-13(11)17-3)8-14(16)18-5-2/h6-7H,4-5,8H2,1-3H3. The summed E-state index contributed by atoms with van der Waals surface area (Å²) in [5.74, 6) is 0.364. The number of esters is 1. The Morgan fingerprint density at radius 1 is 1.39 bits per heavy atom. The van der Waals surface area contributed by atoms with Gasteiger partial charge < -0.3 is 9.47 Å². The van der Waals surface area contributed by atoms with Gasteiger partial charge in [-0.3, -0.25) is 4.79 Å². The number of hydrogen-bond donors (Lipinski definition) is 0. The second-order valence-corrected chi connectivity index (χ2v) is 3.73. The third-order valence-electron chi connectivity index (χ3n) is 2.68. The van der Waals surface area contributed by atoms with Gasteiger partial charge in [-0.2, -0.15) is 5.26 Å². The predicted molar refractivity (Wildman–Crippen MR) is 67.4 cm³/mol. The first-order valence-electron chi connectivity index (χ1n) is 5.92. The van der Waals surface area contributed by atoms with Crippen LogP contribution in [0.2, 0.25) is 0 Å². The average molecular weight is 247 g/mol. The lowest BCUT2D eigenvalue weighted by Crippen LogP contribution is -2.10. The second kappa shape index (κ2) is 6.65. The van der Waals surface area contributed by atoms with Crippen molar-refractivity contribution >= 4 is 5.97 Å². The van der Waals surface area contributed by atoms with Crippen LogP contribution >= 0.6 is 0 Å². The fourth-order valence-corrected chi connectivity index (χ4v) is 1.87. The maximum Gasteiger partial charge on any atom is 0.310 e. The zero-order valence-electron chi connectivity index (χ0n) is 10.9. The summed E-state index contributed by atoms with van der Waals surface area (Å²) in [7, 11) is 1.57. The van der Waals surface area contributed by atoms with Crippen LogP contribution in [0.4, 0.5) is 0 Å². The molecule has 0 N–H and O–H groups in total. The summed E-state index contributed by atoms with van der Waals surface area (Å²) < 4.78 is 10.1. The summed E-state index contributed by atoms with van der Waals surface area (Å²) in [6.07, 6.45) is 0.802. The number of carbonyl (C=O) groups excluding carboxylic acids is 1. The van der Waals surface area contributed by atoms with Gasteiger partial charge in [-0.15, -0.1) is 0 Å². The van der Waals surface area contributed by atoms with E-state index in [1.165, 1.54) is 0 Å². The normalized spacial score (nSPS) is 9.67. The summed E-state index contributed by atoms with van der Waals surface area (Å²) in [4.78, 5) is 11.5. The Morgan fingerprint density at radius 3 is 2.61 bits per heavy atom. The van der Waals surface area contributed by atoms with Gasteiger partial charge in [-0.25, -0.2) is 0 Å². The molecule has 1 rings (SSSR count). The molecule has 18 heavy (non-hydrogen) atoms. The van der Waals surface area contributed by atoms with Crippen LogP contribution in [0.3, 0.4) is 0 Å². The second-order valence-electron chi connectivity index (χ2n) is 3.73.